The molecule has 8 heteroatoms. The van der Waals surface area contributed by atoms with Crippen molar-refractivity contribution in [1.29, 1.82) is 0 Å². The van der Waals surface area contributed by atoms with E-state index in [9.17, 15) is 14.0 Å². The first-order chi connectivity index (χ1) is 16.0. The van der Waals surface area contributed by atoms with Crippen LogP contribution in [-0.2, 0) is 4.79 Å². The third kappa shape index (κ3) is 4.12. The molecule has 3 aromatic carbocycles. The summed E-state index contributed by atoms with van der Waals surface area (Å²) in [6, 6.07) is 20.8. The lowest BCUT2D eigenvalue weighted by Crippen LogP contribution is -2.23. The standard InChI is InChI=1S/C25H19FN4O2S/c1-15-9-11-18(12-10-15)30-24(32)23-22(19-7-2-3-8-20(19)28-23)29-25(30)33-14-21(31)27-17-6-4-5-16(26)13-17/h2-13,28H,14H2,1H3,(H,27,31). The smallest absolute Gasteiger partial charge is 0.283 e. The second-order valence-electron chi connectivity index (χ2n) is 7.61. The molecule has 0 spiro atoms. The van der Waals surface area contributed by atoms with Crippen molar-refractivity contribution < 1.29 is 9.18 Å². The summed E-state index contributed by atoms with van der Waals surface area (Å²) < 4.78 is 14.9. The molecule has 2 heterocycles. The van der Waals surface area contributed by atoms with E-state index < -0.39 is 5.82 Å². The van der Waals surface area contributed by atoms with Gasteiger partial charge in [-0.3, -0.25) is 14.2 Å². The summed E-state index contributed by atoms with van der Waals surface area (Å²) in [7, 11) is 0. The number of benzene rings is 3. The van der Waals surface area contributed by atoms with E-state index in [1.165, 1.54) is 22.8 Å². The Labute approximate surface area is 192 Å². The quantitative estimate of drug-likeness (QED) is 0.286. The van der Waals surface area contributed by atoms with E-state index >= 15 is 0 Å². The minimum Gasteiger partial charge on any atom is -0.349 e. The highest BCUT2D eigenvalue weighted by molar-refractivity contribution is 7.99. The number of amides is 1. The van der Waals surface area contributed by atoms with Crippen LogP contribution in [0.25, 0.3) is 27.6 Å². The molecule has 33 heavy (non-hydrogen) atoms. The monoisotopic (exact) mass is 458 g/mol. The van der Waals surface area contributed by atoms with Gasteiger partial charge in [-0.25, -0.2) is 9.37 Å². The normalized spacial score (nSPS) is 11.2. The van der Waals surface area contributed by atoms with Gasteiger partial charge in [-0.2, -0.15) is 0 Å². The molecule has 0 saturated carbocycles. The number of thioether (sulfide) groups is 1. The Kier molecular flexibility index (Phi) is 5.43. The number of anilines is 1. The Bertz CT molecular complexity index is 1560. The van der Waals surface area contributed by atoms with Crippen LogP contribution in [0.3, 0.4) is 0 Å². The molecule has 6 nitrogen and oxygen atoms in total. The lowest BCUT2D eigenvalue weighted by molar-refractivity contribution is -0.113. The van der Waals surface area contributed by atoms with Gasteiger partial charge in [0, 0.05) is 16.6 Å². The van der Waals surface area contributed by atoms with Crippen LogP contribution in [0.15, 0.2) is 82.7 Å². The number of aromatic amines is 1. The zero-order chi connectivity index (χ0) is 22.9. The minimum absolute atomic E-state index is 0.00266. The Morgan fingerprint density at radius 2 is 1.88 bits per heavy atom. The Morgan fingerprint density at radius 1 is 1.09 bits per heavy atom. The number of para-hydroxylation sites is 1. The fourth-order valence-corrected chi connectivity index (χ4v) is 4.46. The number of hydrogen-bond acceptors (Lipinski definition) is 4. The van der Waals surface area contributed by atoms with Crippen molar-refractivity contribution in [3.63, 3.8) is 0 Å². The van der Waals surface area contributed by atoms with Gasteiger partial charge in [-0.15, -0.1) is 0 Å². The minimum atomic E-state index is -0.430. The predicted molar refractivity (Wildman–Crippen MR) is 130 cm³/mol. The maximum absolute atomic E-state index is 13.5. The second-order valence-corrected chi connectivity index (χ2v) is 8.55. The summed E-state index contributed by atoms with van der Waals surface area (Å²) in [5.41, 5.74) is 3.64. The van der Waals surface area contributed by atoms with Crippen LogP contribution < -0.4 is 10.9 Å². The summed E-state index contributed by atoms with van der Waals surface area (Å²) >= 11 is 1.15. The molecule has 2 aromatic heterocycles. The average Bonchev–Trinajstić information content (AvgIpc) is 3.18. The van der Waals surface area contributed by atoms with Crippen LogP contribution >= 0.6 is 11.8 Å². The topological polar surface area (TPSA) is 79.8 Å². The molecule has 5 rings (SSSR count). The zero-order valence-electron chi connectivity index (χ0n) is 17.6. The van der Waals surface area contributed by atoms with E-state index in [1.807, 2.05) is 55.5 Å². The molecular formula is C25H19FN4O2S. The number of fused-ring (bicyclic) bond motifs is 3. The largest absolute Gasteiger partial charge is 0.349 e. The maximum atomic E-state index is 13.5. The highest BCUT2D eigenvalue weighted by Gasteiger charge is 2.18. The summed E-state index contributed by atoms with van der Waals surface area (Å²) in [6.07, 6.45) is 0. The highest BCUT2D eigenvalue weighted by Crippen LogP contribution is 2.26. The number of aryl methyl sites for hydroxylation is 1. The van der Waals surface area contributed by atoms with Crippen molar-refractivity contribution in [2.45, 2.75) is 12.1 Å². The number of carbonyl (C=O) groups is 1. The molecule has 0 bridgehead atoms. The van der Waals surface area contributed by atoms with Gasteiger partial charge in [0.2, 0.25) is 5.91 Å². The molecule has 0 radical (unpaired) electrons. The van der Waals surface area contributed by atoms with Crippen molar-refractivity contribution in [2.75, 3.05) is 11.1 Å². The van der Waals surface area contributed by atoms with Crippen molar-refractivity contribution >= 4 is 45.3 Å². The van der Waals surface area contributed by atoms with E-state index in [0.29, 0.717) is 27.6 Å². The summed E-state index contributed by atoms with van der Waals surface area (Å²) in [5.74, 6) is -0.752. The van der Waals surface area contributed by atoms with Crippen LogP contribution in [-0.4, -0.2) is 26.2 Å². The second kappa shape index (κ2) is 8.55. The molecule has 5 aromatic rings. The molecule has 2 N–H and O–H groups in total. The van der Waals surface area contributed by atoms with E-state index in [1.54, 1.807) is 6.07 Å². The van der Waals surface area contributed by atoms with Crippen LogP contribution in [0.1, 0.15) is 5.56 Å². The molecule has 0 unspecified atom stereocenters. The molecule has 0 aliphatic heterocycles. The van der Waals surface area contributed by atoms with Gasteiger partial charge in [0.15, 0.2) is 5.16 Å². The number of nitrogens with zero attached hydrogens (tertiary/aromatic N) is 2. The number of aromatic nitrogens is 3. The van der Waals surface area contributed by atoms with Crippen LogP contribution in [0, 0.1) is 12.7 Å². The first-order valence-corrected chi connectivity index (χ1v) is 11.3. The molecule has 1 amide bonds. The van der Waals surface area contributed by atoms with Crippen molar-refractivity contribution in [1.82, 2.24) is 14.5 Å². The molecule has 164 valence electrons. The predicted octanol–water partition coefficient (Wildman–Crippen LogP) is 5.05. The highest BCUT2D eigenvalue weighted by atomic mass is 32.2. The van der Waals surface area contributed by atoms with Gasteiger partial charge < -0.3 is 10.3 Å². The SMILES string of the molecule is Cc1ccc(-n2c(SCC(=O)Nc3cccc(F)c3)nc3c([nH]c4ccccc43)c2=O)cc1. The molecular weight excluding hydrogens is 439 g/mol. The number of H-pyrrole nitrogens is 1. The number of halogens is 1. The van der Waals surface area contributed by atoms with Gasteiger partial charge in [0.25, 0.3) is 5.56 Å². The zero-order valence-corrected chi connectivity index (χ0v) is 18.4. The maximum Gasteiger partial charge on any atom is 0.283 e. The van der Waals surface area contributed by atoms with Crippen molar-refractivity contribution in [3.05, 3.63) is 94.5 Å². The summed E-state index contributed by atoms with van der Waals surface area (Å²) in [5, 5.41) is 3.91. The first-order valence-electron chi connectivity index (χ1n) is 10.3. The average molecular weight is 459 g/mol. The van der Waals surface area contributed by atoms with E-state index in [-0.39, 0.29) is 17.2 Å². The van der Waals surface area contributed by atoms with Gasteiger partial charge >= 0.3 is 0 Å². The van der Waals surface area contributed by atoms with Crippen molar-refractivity contribution in [3.8, 4) is 5.69 Å². The number of hydrogen-bond donors (Lipinski definition) is 2. The number of carbonyl (C=O) groups excluding carboxylic acids is 1. The van der Waals surface area contributed by atoms with Gasteiger partial charge in [-0.05, 0) is 43.3 Å². The third-order valence-electron chi connectivity index (χ3n) is 5.23. The molecule has 0 fully saturated rings. The molecule has 0 aliphatic rings. The number of rotatable bonds is 5. The molecule has 0 aliphatic carbocycles. The van der Waals surface area contributed by atoms with E-state index in [4.69, 9.17) is 4.98 Å². The van der Waals surface area contributed by atoms with E-state index in [0.717, 1.165) is 28.2 Å². The van der Waals surface area contributed by atoms with E-state index in [2.05, 4.69) is 10.3 Å². The molecule has 0 atom stereocenters. The van der Waals surface area contributed by atoms with Gasteiger partial charge in [0.1, 0.15) is 16.9 Å². The lowest BCUT2D eigenvalue weighted by atomic mass is 10.2. The fourth-order valence-electron chi connectivity index (χ4n) is 3.65. The van der Waals surface area contributed by atoms with Gasteiger partial charge in [0.05, 0.1) is 11.4 Å². The van der Waals surface area contributed by atoms with Crippen molar-refractivity contribution in [2.24, 2.45) is 0 Å². The Hall–Kier alpha value is -3.91. The van der Waals surface area contributed by atoms with Crippen LogP contribution in [0.5, 0.6) is 0 Å². The Morgan fingerprint density at radius 3 is 2.67 bits per heavy atom. The summed E-state index contributed by atoms with van der Waals surface area (Å²) in [6.45, 7) is 1.97. The van der Waals surface area contributed by atoms with Crippen LogP contribution in [0.2, 0.25) is 0 Å². The Balaban J connectivity index is 1.56. The lowest BCUT2D eigenvalue weighted by Gasteiger charge is -2.12. The summed E-state index contributed by atoms with van der Waals surface area (Å²) in [4.78, 5) is 34.0. The van der Waals surface area contributed by atoms with Crippen LogP contribution in [0.4, 0.5) is 10.1 Å². The molecule has 0 saturated heterocycles. The third-order valence-corrected chi connectivity index (χ3v) is 6.17. The fraction of sp³-hybridized carbons (Fsp3) is 0.0800. The number of nitrogens with one attached hydrogen (secondary N) is 2. The van der Waals surface area contributed by atoms with Gasteiger partial charge in [-0.1, -0.05) is 53.7 Å². The first kappa shape index (κ1) is 21.0.